The third-order valence-electron chi connectivity index (χ3n) is 2.90. The molecule has 4 radical (unpaired) electrons. The molecule has 0 heterocycles. The quantitative estimate of drug-likeness (QED) is 0.434. The van der Waals surface area contributed by atoms with E-state index in [9.17, 15) is 0 Å². The summed E-state index contributed by atoms with van der Waals surface area (Å²) >= 11 is 0. The zero-order valence-corrected chi connectivity index (χ0v) is 5.15. The highest BCUT2D eigenvalue weighted by Gasteiger charge is 2.81. The van der Waals surface area contributed by atoms with E-state index in [2.05, 4.69) is 6.92 Å². The molecule has 2 rings (SSSR count). The molecule has 2 fully saturated rings. The third-order valence-corrected chi connectivity index (χ3v) is 2.90. The van der Waals surface area contributed by atoms with Crippen molar-refractivity contribution in [3.63, 3.8) is 0 Å². The van der Waals surface area contributed by atoms with Crippen LogP contribution in [-0.2, 0) is 0 Å². The van der Waals surface area contributed by atoms with Gasteiger partial charge in [-0.15, -0.1) is 0 Å². The molecule has 0 bridgehead atoms. The molecule has 2 unspecified atom stereocenters. The van der Waals surface area contributed by atoms with E-state index in [1.165, 1.54) is 0 Å². The average molecular weight is 102 g/mol. The van der Waals surface area contributed by atoms with Crippen LogP contribution in [0.15, 0.2) is 0 Å². The molecule has 2 aliphatic carbocycles. The molecule has 8 heavy (non-hydrogen) atoms. The van der Waals surface area contributed by atoms with Crippen LogP contribution in [0.25, 0.3) is 0 Å². The smallest absolute Gasteiger partial charge is 0.0656 e. The fourth-order valence-corrected chi connectivity index (χ4v) is 2.03. The lowest BCUT2D eigenvalue weighted by Gasteiger charge is -2.05. The van der Waals surface area contributed by atoms with Gasteiger partial charge in [-0.2, -0.15) is 0 Å². The van der Waals surface area contributed by atoms with Crippen LogP contribution < -0.4 is 0 Å². The molecule has 0 nitrogen and oxygen atoms in total. The van der Waals surface area contributed by atoms with E-state index in [4.69, 9.17) is 15.7 Å². The first-order valence-corrected chi connectivity index (χ1v) is 3.23. The molecule has 0 aromatic rings. The molecule has 38 valence electrons. The molecule has 0 saturated heterocycles. The minimum atomic E-state index is 0.0990. The van der Waals surface area contributed by atoms with Crippen LogP contribution >= 0.6 is 0 Å². The Labute approximate surface area is 52.9 Å². The second-order valence-electron chi connectivity index (χ2n) is 3.22. The Hall–Kier alpha value is 0.130. The Kier molecular flexibility index (Phi) is 0.566. The molecule has 0 aromatic heterocycles. The van der Waals surface area contributed by atoms with Gasteiger partial charge in [0.15, 0.2) is 0 Å². The minimum absolute atomic E-state index is 0.0990. The summed E-state index contributed by atoms with van der Waals surface area (Å²) in [4.78, 5) is 0. The van der Waals surface area contributed by atoms with Crippen LogP contribution in [0.3, 0.4) is 0 Å². The van der Waals surface area contributed by atoms with E-state index < -0.39 is 0 Å². The normalized spacial score (nSPS) is 66.9. The van der Waals surface area contributed by atoms with Crippen molar-refractivity contribution in [3.8, 4) is 0 Å². The van der Waals surface area contributed by atoms with E-state index in [1.54, 1.807) is 0 Å². The molecule has 0 amide bonds. The Morgan fingerprint density at radius 3 is 2.00 bits per heavy atom. The van der Waals surface area contributed by atoms with Gasteiger partial charge in [0.05, 0.1) is 15.7 Å². The lowest BCUT2D eigenvalue weighted by molar-refractivity contribution is 0.610. The Morgan fingerprint density at radius 1 is 1.50 bits per heavy atom. The Morgan fingerprint density at radius 2 is 2.00 bits per heavy atom. The van der Waals surface area contributed by atoms with Gasteiger partial charge in [-0.1, -0.05) is 30.4 Å². The number of rotatable bonds is 1. The zero-order chi connectivity index (χ0) is 5.99. The molecule has 2 aliphatic rings. The summed E-state index contributed by atoms with van der Waals surface area (Å²) in [5.41, 5.74) is 0. The highest BCUT2D eigenvalue weighted by atomic mass is 14.8. The van der Waals surface area contributed by atoms with E-state index in [-0.39, 0.29) is 10.6 Å². The number of hydrogen-bond donors (Lipinski definition) is 0. The summed E-state index contributed by atoms with van der Waals surface area (Å²) in [6.07, 6.45) is 2.23. The summed E-state index contributed by atoms with van der Waals surface area (Å²) in [6, 6.07) is 0. The van der Waals surface area contributed by atoms with Crippen LogP contribution in [0, 0.1) is 5.92 Å². The first-order valence-electron chi connectivity index (χ1n) is 3.23. The van der Waals surface area contributed by atoms with Gasteiger partial charge in [-0.3, -0.25) is 0 Å². The summed E-state index contributed by atoms with van der Waals surface area (Å²) in [7, 11) is 11.6. The first kappa shape index (κ1) is 4.96. The molecule has 0 N–H and O–H groups in total. The molecule has 0 aliphatic heterocycles. The second-order valence-corrected chi connectivity index (χ2v) is 3.22. The number of hydrogen-bond acceptors (Lipinski definition) is 0. The van der Waals surface area contributed by atoms with E-state index in [1.807, 2.05) is 0 Å². The van der Waals surface area contributed by atoms with Crippen molar-refractivity contribution in [1.82, 2.24) is 0 Å². The highest BCUT2D eigenvalue weighted by Crippen LogP contribution is 2.99. The van der Waals surface area contributed by atoms with Crippen LogP contribution in [0.1, 0.15) is 19.8 Å². The van der Waals surface area contributed by atoms with Crippen molar-refractivity contribution >= 4 is 15.7 Å². The fraction of sp³-hybridized carbons (Fsp3) is 1.00. The van der Waals surface area contributed by atoms with Crippen molar-refractivity contribution in [3.05, 3.63) is 0 Å². The fourth-order valence-electron chi connectivity index (χ4n) is 2.03. The first-order chi connectivity index (χ1) is 3.65. The largest absolute Gasteiger partial charge is 0.0747 e. The summed E-state index contributed by atoms with van der Waals surface area (Å²) in [6.45, 7) is 2.15. The standard InChI is InChI=1S/C6H8B2/c1-2-4-5(7)3-6(4,5)8/h4H,2-3H2,1H3. The summed E-state index contributed by atoms with van der Waals surface area (Å²) in [5.74, 6) is 0.648. The molecular formula is C6H8B2. The lowest BCUT2D eigenvalue weighted by atomic mass is 9.83. The maximum atomic E-state index is 5.80. The van der Waals surface area contributed by atoms with Crippen molar-refractivity contribution in [2.45, 2.75) is 30.4 Å². The minimum Gasteiger partial charge on any atom is -0.0656 e. The number of fused-ring (bicyclic) bond motifs is 1. The maximum Gasteiger partial charge on any atom is 0.0747 e. The zero-order valence-electron chi connectivity index (χ0n) is 5.15. The van der Waals surface area contributed by atoms with Gasteiger partial charge >= 0.3 is 0 Å². The van der Waals surface area contributed by atoms with Crippen molar-refractivity contribution < 1.29 is 0 Å². The maximum absolute atomic E-state index is 5.80. The molecule has 2 heteroatoms. The average Bonchev–Trinajstić information content (AvgIpc) is 2.26. The topological polar surface area (TPSA) is 0 Å². The third kappa shape index (κ3) is 0.255. The summed E-state index contributed by atoms with van der Waals surface area (Å²) in [5, 5.41) is 0.198. The van der Waals surface area contributed by atoms with Crippen molar-refractivity contribution in [2.75, 3.05) is 0 Å². The molecule has 0 aromatic carbocycles. The van der Waals surface area contributed by atoms with Crippen LogP contribution in [0.4, 0.5) is 0 Å². The van der Waals surface area contributed by atoms with Crippen molar-refractivity contribution in [2.24, 2.45) is 5.92 Å². The van der Waals surface area contributed by atoms with Gasteiger partial charge in [0.1, 0.15) is 0 Å². The SMILES string of the molecule is [B]C12CC1([B])C2CC. The molecule has 2 saturated carbocycles. The van der Waals surface area contributed by atoms with Gasteiger partial charge < -0.3 is 0 Å². The monoisotopic (exact) mass is 102 g/mol. The van der Waals surface area contributed by atoms with Gasteiger partial charge in [-0.05, 0) is 5.92 Å². The predicted octanol–water partition coefficient (Wildman–Crippen LogP) is 1.08. The van der Waals surface area contributed by atoms with E-state index >= 15 is 0 Å². The van der Waals surface area contributed by atoms with Crippen LogP contribution in [0.2, 0.25) is 10.6 Å². The molecule has 2 atom stereocenters. The van der Waals surface area contributed by atoms with Gasteiger partial charge in [0.25, 0.3) is 0 Å². The Bertz CT molecular complexity index is 131. The highest BCUT2D eigenvalue weighted by molar-refractivity contribution is 6.38. The van der Waals surface area contributed by atoms with E-state index in [0.29, 0.717) is 5.92 Å². The molecular weight excluding hydrogens is 93.7 g/mol. The molecule has 0 spiro atoms. The second kappa shape index (κ2) is 0.913. The van der Waals surface area contributed by atoms with E-state index in [0.717, 1.165) is 12.8 Å². The lowest BCUT2D eigenvalue weighted by Crippen LogP contribution is -1.93. The summed E-state index contributed by atoms with van der Waals surface area (Å²) < 4.78 is 0. The van der Waals surface area contributed by atoms with Gasteiger partial charge in [0.2, 0.25) is 0 Å². The predicted molar refractivity (Wildman–Crippen MR) is 35.3 cm³/mol. The van der Waals surface area contributed by atoms with Gasteiger partial charge in [0, 0.05) is 0 Å². The van der Waals surface area contributed by atoms with Crippen LogP contribution in [0.5, 0.6) is 0 Å². The van der Waals surface area contributed by atoms with Gasteiger partial charge in [-0.25, -0.2) is 0 Å². The van der Waals surface area contributed by atoms with Crippen molar-refractivity contribution in [1.29, 1.82) is 0 Å². The Balaban J connectivity index is 2.13. The van der Waals surface area contributed by atoms with Crippen LogP contribution in [-0.4, -0.2) is 15.7 Å².